The van der Waals surface area contributed by atoms with Gasteiger partial charge in [0.25, 0.3) is 0 Å². The van der Waals surface area contributed by atoms with Crippen molar-refractivity contribution in [2.45, 2.75) is 24.2 Å². The minimum atomic E-state index is -3.57. The highest BCUT2D eigenvalue weighted by Crippen LogP contribution is 2.17. The summed E-state index contributed by atoms with van der Waals surface area (Å²) < 4.78 is 39.8. The molecule has 0 saturated carbocycles. The van der Waals surface area contributed by atoms with Gasteiger partial charge in [-0.2, -0.15) is 4.31 Å². The molecule has 1 aliphatic rings. The van der Waals surface area contributed by atoms with Crippen LogP contribution in [0.4, 0.5) is 4.39 Å². The molecule has 2 aromatic carbocycles. The van der Waals surface area contributed by atoms with E-state index in [4.69, 9.17) is 0 Å². The summed E-state index contributed by atoms with van der Waals surface area (Å²) in [6.45, 7) is 1.41. The van der Waals surface area contributed by atoms with Gasteiger partial charge >= 0.3 is 0 Å². The quantitative estimate of drug-likeness (QED) is 0.669. The van der Waals surface area contributed by atoms with Crippen LogP contribution in [0.15, 0.2) is 59.5 Å². The van der Waals surface area contributed by atoms with Gasteiger partial charge < -0.3 is 10.2 Å². The zero-order chi connectivity index (χ0) is 22.3. The van der Waals surface area contributed by atoms with E-state index < -0.39 is 10.0 Å². The summed E-state index contributed by atoms with van der Waals surface area (Å²) in [4.78, 5) is 26.2. The van der Waals surface area contributed by atoms with Gasteiger partial charge in [0.15, 0.2) is 0 Å². The van der Waals surface area contributed by atoms with Crippen molar-refractivity contribution in [2.24, 2.45) is 0 Å². The molecule has 9 heteroatoms. The van der Waals surface area contributed by atoms with Crippen LogP contribution in [-0.4, -0.2) is 62.2 Å². The molecule has 2 aromatic rings. The van der Waals surface area contributed by atoms with E-state index in [9.17, 15) is 22.4 Å². The fourth-order valence-corrected chi connectivity index (χ4v) is 4.87. The summed E-state index contributed by atoms with van der Waals surface area (Å²) >= 11 is 0. The number of piperazine rings is 1. The van der Waals surface area contributed by atoms with E-state index in [2.05, 4.69) is 5.32 Å². The molecule has 1 fully saturated rings. The molecular formula is C22H26FN3O4S. The lowest BCUT2D eigenvalue weighted by molar-refractivity contribution is -0.134. The molecule has 0 atom stereocenters. The normalized spacial score (nSPS) is 14.9. The number of amides is 2. The molecule has 3 rings (SSSR count). The highest BCUT2D eigenvalue weighted by atomic mass is 32.2. The van der Waals surface area contributed by atoms with Crippen LogP contribution in [0.25, 0.3) is 0 Å². The van der Waals surface area contributed by atoms with Crippen molar-refractivity contribution in [1.29, 1.82) is 0 Å². The maximum Gasteiger partial charge on any atom is 0.243 e. The van der Waals surface area contributed by atoms with Crippen LogP contribution >= 0.6 is 0 Å². The van der Waals surface area contributed by atoms with Gasteiger partial charge in [0.05, 0.1) is 4.90 Å². The summed E-state index contributed by atoms with van der Waals surface area (Å²) in [6, 6.07) is 14.4. The van der Waals surface area contributed by atoms with Crippen molar-refractivity contribution in [3.8, 4) is 0 Å². The number of benzene rings is 2. The molecule has 2 amide bonds. The van der Waals surface area contributed by atoms with E-state index in [1.54, 1.807) is 47.4 Å². The molecule has 0 aliphatic carbocycles. The van der Waals surface area contributed by atoms with Crippen LogP contribution in [0, 0.1) is 5.82 Å². The molecular weight excluding hydrogens is 421 g/mol. The maximum absolute atomic E-state index is 13.1. The third kappa shape index (κ3) is 6.35. The minimum Gasteiger partial charge on any atom is -0.356 e. The van der Waals surface area contributed by atoms with Gasteiger partial charge in [0.2, 0.25) is 21.8 Å². The van der Waals surface area contributed by atoms with Gasteiger partial charge in [-0.3, -0.25) is 9.59 Å². The van der Waals surface area contributed by atoms with Crippen molar-refractivity contribution in [3.63, 3.8) is 0 Å². The molecule has 0 aromatic heterocycles. The number of hydrogen-bond acceptors (Lipinski definition) is 4. The molecule has 0 spiro atoms. The molecule has 0 bridgehead atoms. The average molecular weight is 448 g/mol. The lowest BCUT2D eigenvalue weighted by Gasteiger charge is -2.34. The highest BCUT2D eigenvalue weighted by Gasteiger charge is 2.29. The van der Waals surface area contributed by atoms with Crippen LogP contribution in [0.2, 0.25) is 0 Å². The van der Waals surface area contributed by atoms with Crippen LogP contribution in [0.5, 0.6) is 0 Å². The summed E-state index contributed by atoms with van der Waals surface area (Å²) in [7, 11) is -3.57. The summed E-state index contributed by atoms with van der Waals surface area (Å²) in [5.41, 5.74) is 0.791. The van der Waals surface area contributed by atoms with Gasteiger partial charge in [-0.1, -0.05) is 30.3 Å². The smallest absolute Gasteiger partial charge is 0.243 e. The Hall–Kier alpha value is -2.78. The fraction of sp³-hybridized carbons (Fsp3) is 0.364. The third-order valence-corrected chi connectivity index (χ3v) is 7.08. The van der Waals surface area contributed by atoms with Crippen LogP contribution in [-0.2, 0) is 26.0 Å². The van der Waals surface area contributed by atoms with Crippen LogP contribution in [0.1, 0.15) is 18.4 Å². The Bertz CT molecular complexity index is 1010. The Morgan fingerprint density at radius 3 is 2.32 bits per heavy atom. The number of nitrogens with zero attached hydrogens (tertiary/aromatic N) is 2. The Kier molecular flexibility index (Phi) is 7.75. The minimum absolute atomic E-state index is 0.0600. The van der Waals surface area contributed by atoms with E-state index >= 15 is 0 Å². The number of halogens is 1. The number of carbonyl (C=O) groups is 2. The van der Waals surface area contributed by atoms with Crippen molar-refractivity contribution in [2.75, 3.05) is 32.7 Å². The van der Waals surface area contributed by atoms with E-state index in [1.165, 1.54) is 16.4 Å². The van der Waals surface area contributed by atoms with Crippen molar-refractivity contribution in [3.05, 3.63) is 66.0 Å². The first-order valence-corrected chi connectivity index (χ1v) is 11.6. The second-order valence-electron chi connectivity index (χ2n) is 7.33. The van der Waals surface area contributed by atoms with Crippen molar-refractivity contribution >= 4 is 21.8 Å². The second-order valence-corrected chi connectivity index (χ2v) is 9.27. The largest absolute Gasteiger partial charge is 0.356 e. The highest BCUT2D eigenvalue weighted by molar-refractivity contribution is 7.89. The second kappa shape index (κ2) is 10.5. The number of sulfonamides is 1. The maximum atomic E-state index is 13.1. The van der Waals surface area contributed by atoms with Crippen molar-refractivity contribution < 1.29 is 22.4 Å². The summed E-state index contributed by atoms with van der Waals surface area (Å²) in [5, 5.41) is 2.73. The third-order valence-electron chi connectivity index (χ3n) is 5.16. The number of carbonyl (C=O) groups excluding carboxylic acids is 2. The van der Waals surface area contributed by atoms with Gasteiger partial charge in [0.1, 0.15) is 5.82 Å². The van der Waals surface area contributed by atoms with E-state index in [1.807, 2.05) is 0 Å². The lowest BCUT2D eigenvalue weighted by atomic mass is 10.1. The van der Waals surface area contributed by atoms with Crippen molar-refractivity contribution in [1.82, 2.24) is 14.5 Å². The van der Waals surface area contributed by atoms with E-state index in [-0.39, 0.29) is 48.5 Å². The Morgan fingerprint density at radius 1 is 0.935 bits per heavy atom. The topological polar surface area (TPSA) is 86.8 Å². The molecule has 166 valence electrons. The molecule has 1 N–H and O–H groups in total. The predicted molar refractivity (Wildman–Crippen MR) is 114 cm³/mol. The standard InChI is InChI=1S/C22H26FN3O4S/c23-19-6-4-5-18(17-19)11-12-24-21(27)9-10-22(28)25-13-15-26(16-14-25)31(29,30)20-7-2-1-3-8-20/h1-8,17H,9-16H2,(H,24,27). The predicted octanol–water partition coefficient (Wildman–Crippen LogP) is 1.80. The molecule has 7 nitrogen and oxygen atoms in total. The Balaban J connectivity index is 1.38. The van der Waals surface area contributed by atoms with E-state index in [0.717, 1.165) is 5.56 Å². The molecule has 1 saturated heterocycles. The zero-order valence-electron chi connectivity index (χ0n) is 17.2. The first kappa shape index (κ1) is 22.9. The summed E-state index contributed by atoms with van der Waals surface area (Å²) in [5.74, 6) is -0.724. The lowest BCUT2D eigenvalue weighted by Crippen LogP contribution is -2.50. The van der Waals surface area contributed by atoms with Gasteiger partial charge in [-0.25, -0.2) is 12.8 Å². The van der Waals surface area contributed by atoms with Gasteiger partial charge in [0, 0.05) is 45.6 Å². The first-order valence-electron chi connectivity index (χ1n) is 10.2. The molecule has 31 heavy (non-hydrogen) atoms. The average Bonchev–Trinajstić information content (AvgIpc) is 2.78. The van der Waals surface area contributed by atoms with E-state index in [0.29, 0.717) is 26.1 Å². The molecule has 0 unspecified atom stereocenters. The number of nitrogens with one attached hydrogen (secondary N) is 1. The van der Waals surface area contributed by atoms with Crippen LogP contribution in [0.3, 0.4) is 0 Å². The number of rotatable bonds is 8. The van der Waals surface area contributed by atoms with Gasteiger partial charge in [-0.15, -0.1) is 0 Å². The Morgan fingerprint density at radius 2 is 1.65 bits per heavy atom. The monoisotopic (exact) mass is 447 g/mol. The van der Waals surface area contributed by atoms with Gasteiger partial charge in [-0.05, 0) is 36.2 Å². The number of hydrogen-bond donors (Lipinski definition) is 1. The van der Waals surface area contributed by atoms with Crippen LogP contribution < -0.4 is 5.32 Å². The Labute approximate surface area is 181 Å². The molecule has 1 heterocycles. The SMILES string of the molecule is O=C(CCC(=O)N1CCN(S(=O)(=O)c2ccccc2)CC1)NCCc1cccc(F)c1. The molecule has 0 radical (unpaired) electrons. The summed E-state index contributed by atoms with van der Waals surface area (Å²) in [6.07, 6.45) is 0.636. The zero-order valence-corrected chi connectivity index (χ0v) is 18.0. The first-order chi connectivity index (χ1) is 14.9. The molecule has 1 aliphatic heterocycles. The fourth-order valence-electron chi connectivity index (χ4n) is 3.43.